The van der Waals surface area contributed by atoms with Crippen LogP contribution in [0.1, 0.15) is 18.5 Å². The van der Waals surface area contributed by atoms with Crippen LogP contribution in [0.15, 0.2) is 46.9 Å². The van der Waals surface area contributed by atoms with Crippen LogP contribution in [-0.4, -0.2) is 0 Å². The van der Waals surface area contributed by atoms with E-state index in [2.05, 4.69) is 38.5 Å². The first kappa shape index (κ1) is 13.8. The molecular weight excluding hydrogens is 405 g/mol. The molecule has 0 aliphatic carbocycles. The summed E-state index contributed by atoms with van der Waals surface area (Å²) in [5, 5.41) is 0. The smallest absolute Gasteiger partial charge is 0.141 e. The van der Waals surface area contributed by atoms with Crippen molar-refractivity contribution in [2.75, 3.05) is 0 Å². The summed E-state index contributed by atoms with van der Waals surface area (Å²) in [5.41, 5.74) is 6.93. The van der Waals surface area contributed by atoms with E-state index in [4.69, 9.17) is 10.5 Å². The zero-order valence-electron chi connectivity index (χ0n) is 9.86. The van der Waals surface area contributed by atoms with Gasteiger partial charge < -0.3 is 10.5 Å². The summed E-state index contributed by atoms with van der Waals surface area (Å²) in [4.78, 5) is 0. The molecule has 2 aromatic carbocycles. The Morgan fingerprint density at radius 1 is 1.17 bits per heavy atom. The molecule has 0 heterocycles. The van der Waals surface area contributed by atoms with E-state index in [1.165, 1.54) is 0 Å². The Balaban J connectivity index is 2.28. The van der Waals surface area contributed by atoms with E-state index in [-0.39, 0.29) is 6.04 Å². The first-order valence-corrected chi connectivity index (χ1v) is 7.42. The second-order valence-electron chi connectivity index (χ2n) is 4.01. The van der Waals surface area contributed by atoms with Gasteiger partial charge in [-0.25, -0.2) is 0 Å². The summed E-state index contributed by atoms with van der Waals surface area (Å²) < 4.78 is 7.88. The first-order valence-electron chi connectivity index (χ1n) is 5.55. The van der Waals surface area contributed by atoms with Gasteiger partial charge in [0.1, 0.15) is 11.5 Å². The summed E-state index contributed by atoms with van der Waals surface area (Å²) in [5.74, 6) is 1.65. The van der Waals surface area contributed by atoms with Gasteiger partial charge in [-0.3, -0.25) is 0 Å². The van der Waals surface area contributed by atoms with Crippen LogP contribution in [0.5, 0.6) is 11.5 Å². The minimum absolute atomic E-state index is 0.0206. The van der Waals surface area contributed by atoms with Gasteiger partial charge in [-0.2, -0.15) is 0 Å². The lowest BCUT2D eigenvalue weighted by atomic mass is 10.1. The average Bonchev–Trinajstić information content (AvgIpc) is 2.34. The van der Waals surface area contributed by atoms with Gasteiger partial charge in [0.2, 0.25) is 0 Å². The minimum atomic E-state index is 0.0206. The number of hydrogen-bond donors (Lipinski definition) is 1. The van der Waals surface area contributed by atoms with Crippen LogP contribution < -0.4 is 10.5 Å². The minimum Gasteiger partial charge on any atom is -0.455 e. The zero-order chi connectivity index (χ0) is 13.1. The highest BCUT2D eigenvalue weighted by atomic mass is 127. The fourth-order valence-electron chi connectivity index (χ4n) is 1.53. The molecule has 0 saturated heterocycles. The molecule has 2 aromatic rings. The molecule has 0 aliphatic heterocycles. The Morgan fingerprint density at radius 3 is 2.50 bits per heavy atom. The molecule has 0 amide bonds. The van der Waals surface area contributed by atoms with E-state index in [0.29, 0.717) is 0 Å². The van der Waals surface area contributed by atoms with Crippen molar-refractivity contribution in [1.82, 2.24) is 0 Å². The highest BCUT2D eigenvalue weighted by Gasteiger charge is 2.08. The van der Waals surface area contributed by atoms with Crippen LogP contribution in [0.4, 0.5) is 0 Å². The van der Waals surface area contributed by atoms with Gasteiger partial charge in [-0.15, -0.1) is 0 Å². The molecule has 2 N–H and O–H groups in total. The molecule has 2 nitrogen and oxygen atoms in total. The molecule has 94 valence electrons. The van der Waals surface area contributed by atoms with Crippen LogP contribution >= 0.6 is 38.5 Å². The Morgan fingerprint density at radius 2 is 1.89 bits per heavy atom. The summed E-state index contributed by atoms with van der Waals surface area (Å²) in [6.45, 7) is 1.96. The van der Waals surface area contributed by atoms with Crippen LogP contribution in [-0.2, 0) is 0 Å². The molecule has 0 bridgehead atoms. The molecule has 4 heteroatoms. The maximum Gasteiger partial charge on any atom is 0.141 e. The molecular formula is C14H13BrINO. The highest BCUT2D eigenvalue weighted by molar-refractivity contribution is 14.1. The lowest BCUT2D eigenvalue weighted by Crippen LogP contribution is -2.04. The molecule has 18 heavy (non-hydrogen) atoms. The average molecular weight is 418 g/mol. The van der Waals surface area contributed by atoms with E-state index >= 15 is 0 Å². The molecule has 0 spiro atoms. The lowest BCUT2D eigenvalue weighted by Gasteiger charge is -2.12. The maximum atomic E-state index is 5.88. The normalized spacial score (nSPS) is 12.2. The van der Waals surface area contributed by atoms with Gasteiger partial charge in [0.15, 0.2) is 0 Å². The van der Waals surface area contributed by atoms with Crippen molar-refractivity contribution in [3.05, 3.63) is 56.1 Å². The summed E-state index contributed by atoms with van der Waals surface area (Å²) in [7, 11) is 0. The second-order valence-corrected chi connectivity index (χ2v) is 6.03. The van der Waals surface area contributed by atoms with Crippen LogP contribution in [0.25, 0.3) is 0 Å². The highest BCUT2D eigenvalue weighted by Crippen LogP contribution is 2.33. The van der Waals surface area contributed by atoms with Gasteiger partial charge in [0, 0.05) is 6.04 Å². The maximum absolute atomic E-state index is 5.88. The number of para-hydroxylation sites is 1. The molecule has 1 atom stereocenters. The SMILES string of the molecule is C[C@@H](N)c1ccc(Oc2ccccc2I)c(Br)c1. The third-order valence-electron chi connectivity index (χ3n) is 2.54. The number of benzene rings is 2. The zero-order valence-corrected chi connectivity index (χ0v) is 13.6. The molecule has 2 rings (SSSR count). The van der Waals surface area contributed by atoms with Crippen molar-refractivity contribution in [1.29, 1.82) is 0 Å². The number of rotatable bonds is 3. The first-order chi connectivity index (χ1) is 8.58. The molecule has 0 aliphatic rings. The van der Waals surface area contributed by atoms with Crippen molar-refractivity contribution in [3.8, 4) is 11.5 Å². The third-order valence-corrected chi connectivity index (χ3v) is 4.05. The van der Waals surface area contributed by atoms with Gasteiger partial charge in [-0.1, -0.05) is 18.2 Å². The second kappa shape index (κ2) is 6.04. The fraction of sp³-hybridized carbons (Fsp3) is 0.143. The molecule has 0 unspecified atom stereocenters. The standard InChI is InChI=1S/C14H13BrINO/c1-9(17)10-6-7-13(11(15)8-10)18-14-5-3-2-4-12(14)16/h2-9H,17H2,1H3/t9-/m1/s1. The van der Waals surface area contributed by atoms with E-state index in [9.17, 15) is 0 Å². The number of nitrogens with two attached hydrogens (primary N) is 1. The monoisotopic (exact) mass is 417 g/mol. The fourth-order valence-corrected chi connectivity index (χ4v) is 2.50. The number of hydrogen-bond acceptors (Lipinski definition) is 2. The lowest BCUT2D eigenvalue weighted by molar-refractivity contribution is 0.476. The summed E-state index contributed by atoms with van der Waals surface area (Å²) >= 11 is 5.77. The van der Waals surface area contributed by atoms with Crippen molar-refractivity contribution in [3.63, 3.8) is 0 Å². The Bertz CT molecular complexity index is 557. The van der Waals surface area contributed by atoms with Crippen molar-refractivity contribution in [2.45, 2.75) is 13.0 Å². The molecule has 0 saturated carbocycles. The van der Waals surface area contributed by atoms with Gasteiger partial charge >= 0.3 is 0 Å². The van der Waals surface area contributed by atoms with Crippen molar-refractivity contribution >= 4 is 38.5 Å². The summed E-state index contributed by atoms with van der Waals surface area (Å²) in [6.07, 6.45) is 0. The number of ether oxygens (including phenoxy) is 1. The quantitative estimate of drug-likeness (QED) is 0.723. The predicted octanol–water partition coefficient (Wildman–Crippen LogP) is 4.87. The van der Waals surface area contributed by atoms with E-state index in [0.717, 1.165) is 25.1 Å². The van der Waals surface area contributed by atoms with Crippen LogP contribution in [0.3, 0.4) is 0 Å². The van der Waals surface area contributed by atoms with Crippen LogP contribution in [0.2, 0.25) is 0 Å². The van der Waals surface area contributed by atoms with Crippen molar-refractivity contribution in [2.24, 2.45) is 5.73 Å². The van der Waals surface area contributed by atoms with Gasteiger partial charge in [-0.05, 0) is 75.3 Å². The molecule has 0 fully saturated rings. The Kier molecular flexibility index (Phi) is 4.64. The van der Waals surface area contributed by atoms with E-state index in [1.54, 1.807) is 0 Å². The summed E-state index contributed by atoms with van der Waals surface area (Å²) in [6, 6.07) is 13.9. The van der Waals surface area contributed by atoms with Crippen LogP contribution in [0, 0.1) is 3.57 Å². The largest absolute Gasteiger partial charge is 0.455 e. The number of halogens is 2. The predicted molar refractivity (Wildman–Crippen MR) is 86.0 cm³/mol. The Hall–Kier alpha value is -0.590. The molecule has 0 aromatic heterocycles. The van der Waals surface area contributed by atoms with E-state index < -0.39 is 0 Å². The topological polar surface area (TPSA) is 35.2 Å². The van der Waals surface area contributed by atoms with E-state index in [1.807, 2.05) is 49.4 Å². The Labute approximate surface area is 129 Å². The van der Waals surface area contributed by atoms with Gasteiger partial charge in [0.25, 0.3) is 0 Å². The molecule has 0 radical (unpaired) electrons. The van der Waals surface area contributed by atoms with Gasteiger partial charge in [0.05, 0.1) is 8.04 Å². The third kappa shape index (κ3) is 3.24. The van der Waals surface area contributed by atoms with Crippen molar-refractivity contribution < 1.29 is 4.74 Å².